The molecule has 0 spiro atoms. The third kappa shape index (κ3) is 5.07. The standard InChI is InChI=1S/C23H29N3O3/c1-18-15-22(8-9-24-18)29-17-19-3-2-10-26(16-19)23(27)20-4-6-21(7-5-20)25-11-13-28-14-12-25/h4-9,15,19H,2-3,10-14,16-17H2,1H3. The molecule has 2 fully saturated rings. The van der Waals surface area contributed by atoms with Crippen LogP contribution >= 0.6 is 0 Å². The van der Waals surface area contributed by atoms with Crippen LogP contribution < -0.4 is 9.64 Å². The van der Waals surface area contributed by atoms with Crippen LogP contribution in [-0.2, 0) is 4.74 Å². The molecule has 154 valence electrons. The molecule has 0 bridgehead atoms. The molecule has 6 nitrogen and oxygen atoms in total. The van der Waals surface area contributed by atoms with Gasteiger partial charge in [0.15, 0.2) is 0 Å². The second-order valence-corrected chi connectivity index (χ2v) is 7.85. The number of ether oxygens (including phenoxy) is 2. The summed E-state index contributed by atoms with van der Waals surface area (Å²) in [6.07, 6.45) is 3.87. The van der Waals surface area contributed by atoms with E-state index >= 15 is 0 Å². The SMILES string of the molecule is Cc1cc(OCC2CCCN(C(=O)c3ccc(N4CCOCC4)cc3)C2)ccn1. The molecule has 1 aromatic carbocycles. The van der Waals surface area contributed by atoms with Gasteiger partial charge < -0.3 is 19.3 Å². The third-order valence-corrected chi connectivity index (χ3v) is 5.65. The topological polar surface area (TPSA) is 54.9 Å². The van der Waals surface area contributed by atoms with Crippen molar-refractivity contribution in [2.75, 3.05) is 50.9 Å². The summed E-state index contributed by atoms with van der Waals surface area (Å²) in [5.74, 6) is 1.32. The average Bonchev–Trinajstić information content (AvgIpc) is 2.78. The van der Waals surface area contributed by atoms with Gasteiger partial charge in [0.25, 0.3) is 5.91 Å². The molecule has 0 radical (unpaired) electrons. The van der Waals surface area contributed by atoms with E-state index in [-0.39, 0.29) is 5.91 Å². The number of anilines is 1. The highest BCUT2D eigenvalue weighted by molar-refractivity contribution is 5.94. The van der Waals surface area contributed by atoms with Crippen LogP contribution in [0.2, 0.25) is 0 Å². The summed E-state index contributed by atoms with van der Waals surface area (Å²) in [4.78, 5) is 21.5. The van der Waals surface area contributed by atoms with E-state index in [1.54, 1.807) is 6.20 Å². The van der Waals surface area contributed by atoms with Gasteiger partial charge in [-0.15, -0.1) is 0 Å². The Kier molecular flexibility index (Phi) is 6.30. The van der Waals surface area contributed by atoms with Gasteiger partial charge in [0.1, 0.15) is 5.75 Å². The zero-order valence-electron chi connectivity index (χ0n) is 17.0. The lowest BCUT2D eigenvalue weighted by atomic mass is 9.98. The molecule has 2 aromatic rings. The van der Waals surface area contributed by atoms with Gasteiger partial charge >= 0.3 is 0 Å². The molecule has 29 heavy (non-hydrogen) atoms. The summed E-state index contributed by atoms with van der Waals surface area (Å²) in [7, 11) is 0. The van der Waals surface area contributed by atoms with Crippen LogP contribution in [-0.4, -0.2) is 61.8 Å². The number of amides is 1. The number of benzene rings is 1. The number of hydrogen-bond donors (Lipinski definition) is 0. The summed E-state index contributed by atoms with van der Waals surface area (Å²) in [5.41, 5.74) is 2.86. The van der Waals surface area contributed by atoms with E-state index in [4.69, 9.17) is 9.47 Å². The number of carbonyl (C=O) groups is 1. The van der Waals surface area contributed by atoms with E-state index in [1.807, 2.05) is 36.1 Å². The number of carbonyl (C=O) groups excluding carboxylic acids is 1. The van der Waals surface area contributed by atoms with Crippen LogP contribution in [0.1, 0.15) is 28.9 Å². The summed E-state index contributed by atoms with van der Waals surface area (Å²) in [5, 5.41) is 0. The second-order valence-electron chi connectivity index (χ2n) is 7.85. The lowest BCUT2D eigenvalue weighted by Gasteiger charge is -2.33. The highest BCUT2D eigenvalue weighted by Gasteiger charge is 2.25. The molecule has 1 unspecified atom stereocenters. The van der Waals surface area contributed by atoms with Gasteiger partial charge in [0, 0.05) is 61.3 Å². The number of pyridine rings is 1. The van der Waals surface area contributed by atoms with Crippen molar-refractivity contribution in [3.05, 3.63) is 53.9 Å². The molecule has 2 aliphatic rings. The maximum atomic E-state index is 13.0. The van der Waals surface area contributed by atoms with Gasteiger partial charge in [-0.25, -0.2) is 0 Å². The van der Waals surface area contributed by atoms with Crippen molar-refractivity contribution in [2.45, 2.75) is 19.8 Å². The monoisotopic (exact) mass is 395 g/mol. The number of aromatic nitrogens is 1. The van der Waals surface area contributed by atoms with Gasteiger partial charge in [-0.2, -0.15) is 0 Å². The molecule has 0 saturated carbocycles. The summed E-state index contributed by atoms with van der Waals surface area (Å²) in [6.45, 7) is 7.47. The molecule has 1 atom stereocenters. The van der Waals surface area contributed by atoms with Gasteiger partial charge in [-0.05, 0) is 50.1 Å². The Balaban J connectivity index is 1.33. The molecular weight excluding hydrogens is 366 g/mol. The fraction of sp³-hybridized carbons (Fsp3) is 0.478. The van der Waals surface area contributed by atoms with Crippen LogP contribution in [0.5, 0.6) is 5.75 Å². The fourth-order valence-corrected chi connectivity index (χ4v) is 4.03. The van der Waals surface area contributed by atoms with Crippen LogP contribution in [0.15, 0.2) is 42.6 Å². The Morgan fingerprint density at radius 2 is 1.97 bits per heavy atom. The van der Waals surface area contributed by atoms with Crippen molar-refractivity contribution in [2.24, 2.45) is 5.92 Å². The number of morpholine rings is 1. The predicted octanol–water partition coefficient (Wildman–Crippen LogP) is 3.16. The number of nitrogens with zero attached hydrogens (tertiary/aromatic N) is 3. The van der Waals surface area contributed by atoms with Gasteiger partial charge in [-0.1, -0.05) is 0 Å². The summed E-state index contributed by atoms with van der Waals surface area (Å²) in [6, 6.07) is 11.8. The van der Waals surface area contributed by atoms with Crippen molar-refractivity contribution in [1.29, 1.82) is 0 Å². The van der Waals surface area contributed by atoms with E-state index in [1.165, 1.54) is 0 Å². The molecule has 3 heterocycles. The van der Waals surface area contributed by atoms with Crippen molar-refractivity contribution < 1.29 is 14.3 Å². The quantitative estimate of drug-likeness (QED) is 0.778. The summed E-state index contributed by atoms with van der Waals surface area (Å²) >= 11 is 0. The lowest BCUT2D eigenvalue weighted by Crippen LogP contribution is -2.41. The number of hydrogen-bond acceptors (Lipinski definition) is 5. The Labute approximate surface area is 172 Å². The first kappa shape index (κ1) is 19.7. The minimum absolute atomic E-state index is 0.114. The molecule has 0 aliphatic carbocycles. The van der Waals surface area contributed by atoms with E-state index < -0.39 is 0 Å². The van der Waals surface area contributed by atoms with E-state index in [2.05, 4.69) is 22.0 Å². The number of aryl methyl sites for hydroxylation is 1. The first-order valence-electron chi connectivity index (χ1n) is 10.5. The van der Waals surface area contributed by atoms with Crippen molar-refractivity contribution >= 4 is 11.6 Å². The second kappa shape index (κ2) is 9.27. The largest absolute Gasteiger partial charge is 0.493 e. The normalized spacial score (nSPS) is 19.8. The van der Waals surface area contributed by atoms with Crippen molar-refractivity contribution in [3.63, 3.8) is 0 Å². The minimum atomic E-state index is 0.114. The van der Waals surface area contributed by atoms with Crippen molar-refractivity contribution in [1.82, 2.24) is 9.88 Å². The van der Waals surface area contributed by atoms with Gasteiger partial charge in [-0.3, -0.25) is 9.78 Å². The van der Waals surface area contributed by atoms with E-state index in [9.17, 15) is 4.79 Å². The van der Waals surface area contributed by atoms with Crippen LogP contribution in [0, 0.1) is 12.8 Å². The maximum absolute atomic E-state index is 13.0. The van der Waals surface area contributed by atoms with Gasteiger partial charge in [0.2, 0.25) is 0 Å². The molecule has 1 aromatic heterocycles. The molecule has 2 saturated heterocycles. The fourth-order valence-electron chi connectivity index (χ4n) is 4.03. The highest BCUT2D eigenvalue weighted by atomic mass is 16.5. The third-order valence-electron chi connectivity index (χ3n) is 5.65. The number of likely N-dealkylation sites (tertiary alicyclic amines) is 1. The minimum Gasteiger partial charge on any atom is -0.493 e. The highest BCUT2D eigenvalue weighted by Crippen LogP contribution is 2.22. The zero-order valence-corrected chi connectivity index (χ0v) is 17.0. The number of piperidine rings is 1. The van der Waals surface area contributed by atoms with Gasteiger partial charge in [0.05, 0.1) is 19.8 Å². The predicted molar refractivity (Wildman–Crippen MR) is 113 cm³/mol. The first-order valence-corrected chi connectivity index (χ1v) is 10.5. The van der Waals surface area contributed by atoms with E-state index in [0.29, 0.717) is 12.5 Å². The first-order chi connectivity index (χ1) is 14.2. The lowest BCUT2D eigenvalue weighted by molar-refractivity contribution is 0.0633. The maximum Gasteiger partial charge on any atom is 0.253 e. The molecular formula is C23H29N3O3. The molecule has 4 rings (SSSR count). The Hall–Kier alpha value is -2.60. The number of rotatable bonds is 5. The van der Waals surface area contributed by atoms with Crippen LogP contribution in [0.4, 0.5) is 5.69 Å². The van der Waals surface area contributed by atoms with Crippen molar-refractivity contribution in [3.8, 4) is 5.75 Å². The molecule has 0 N–H and O–H groups in total. The molecule has 6 heteroatoms. The Morgan fingerprint density at radius 1 is 1.17 bits per heavy atom. The van der Waals surface area contributed by atoms with Crippen LogP contribution in [0.3, 0.4) is 0 Å². The summed E-state index contributed by atoms with van der Waals surface area (Å²) < 4.78 is 11.4. The smallest absolute Gasteiger partial charge is 0.253 e. The zero-order chi connectivity index (χ0) is 20.1. The Bertz CT molecular complexity index is 818. The molecule has 1 amide bonds. The van der Waals surface area contributed by atoms with Crippen LogP contribution in [0.25, 0.3) is 0 Å². The van der Waals surface area contributed by atoms with E-state index in [0.717, 1.165) is 74.9 Å². The Morgan fingerprint density at radius 3 is 2.72 bits per heavy atom. The average molecular weight is 396 g/mol. The molecule has 2 aliphatic heterocycles.